The highest BCUT2D eigenvalue weighted by Crippen LogP contribution is 2.34. The number of rotatable bonds is 2. The third-order valence-corrected chi connectivity index (χ3v) is 3.63. The number of nitrogens with two attached hydrogens (primary N) is 1. The van der Waals surface area contributed by atoms with Gasteiger partial charge in [-0.3, -0.25) is 0 Å². The van der Waals surface area contributed by atoms with Gasteiger partial charge < -0.3 is 10.5 Å². The van der Waals surface area contributed by atoms with Gasteiger partial charge in [0.05, 0.1) is 5.69 Å². The molecule has 98 valence electrons. The van der Waals surface area contributed by atoms with Gasteiger partial charge in [-0.05, 0) is 42.5 Å². The van der Waals surface area contributed by atoms with Crippen LogP contribution in [0, 0.1) is 0 Å². The van der Waals surface area contributed by atoms with Crippen LogP contribution in [0.15, 0.2) is 36.4 Å². The number of aryl methyl sites for hydroxylation is 1. The zero-order chi connectivity index (χ0) is 13.2. The van der Waals surface area contributed by atoms with Gasteiger partial charge in [0, 0.05) is 0 Å². The standard InChI is InChI=1S/C15H15ClN2O/c16-14-9-8-12(17)15(18-14)19-13-7-3-5-10-4-1-2-6-11(10)13/h1-2,4,6,8-9,13H,3,5,7,17H2. The van der Waals surface area contributed by atoms with Crippen molar-refractivity contribution in [1.82, 2.24) is 4.98 Å². The van der Waals surface area contributed by atoms with Crippen LogP contribution in [0.2, 0.25) is 5.15 Å². The number of fused-ring (bicyclic) bond motifs is 1. The Morgan fingerprint density at radius 1 is 1.21 bits per heavy atom. The van der Waals surface area contributed by atoms with Gasteiger partial charge in [-0.1, -0.05) is 35.9 Å². The minimum absolute atomic E-state index is 0.0122. The summed E-state index contributed by atoms with van der Waals surface area (Å²) in [5.74, 6) is 0.425. The first kappa shape index (κ1) is 12.3. The van der Waals surface area contributed by atoms with E-state index in [-0.39, 0.29) is 6.10 Å². The molecule has 3 nitrogen and oxygen atoms in total. The SMILES string of the molecule is Nc1ccc(Cl)nc1OC1CCCc2ccccc21. The maximum absolute atomic E-state index is 5.97. The van der Waals surface area contributed by atoms with Gasteiger partial charge in [0.2, 0.25) is 5.88 Å². The van der Waals surface area contributed by atoms with E-state index in [0.717, 1.165) is 19.3 Å². The van der Waals surface area contributed by atoms with Crippen molar-refractivity contribution in [2.45, 2.75) is 25.4 Å². The van der Waals surface area contributed by atoms with Gasteiger partial charge in [0.1, 0.15) is 11.3 Å². The third kappa shape index (κ3) is 2.51. The molecule has 1 aromatic heterocycles. The van der Waals surface area contributed by atoms with E-state index >= 15 is 0 Å². The second kappa shape index (κ2) is 5.10. The van der Waals surface area contributed by atoms with Crippen molar-refractivity contribution in [3.8, 4) is 5.88 Å². The third-order valence-electron chi connectivity index (χ3n) is 3.42. The lowest BCUT2D eigenvalue weighted by atomic mass is 9.89. The number of hydrogen-bond acceptors (Lipinski definition) is 3. The minimum Gasteiger partial charge on any atom is -0.468 e. The van der Waals surface area contributed by atoms with Crippen LogP contribution in [0.3, 0.4) is 0 Å². The van der Waals surface area contributed by atoms with Gasteiger partial charge in [-0.15, -0.1) is 0 Å². The summed E-state index contributed by atoms with van der Waals surface area (Å²) in [5.41, 5.74) is 8.98. The Hall–Kier alpha value is -1.74. The fraction of sp³-hybridized carbons (Fsp3) is 0.267. The summed E-state index contributed by atoms with van der Waals surface area (Å²) < 4.78 is 5.97. The molecule has 1 atom stereocenters. The summed E-state index contributed by atoms with van der Waals surface area (Å²) in [7, 11) is 0. The molecule has 1 aliphatic rings. The molecular formula is C15H15ClN2O. The van der Waals surface area contributed by atoms with Crippen molar-refractivity contribution in [2.24, 2.45) is 0 Å². The Labute approximate surface area is 117 Å². The highest BCUT2D eigenvalue weighted by Gasteiger charge is 2.22. The Kier molecular flexibility index (Phi) is 3.30. The Balaban J connectivity index is 1.90. The molecule has 0 saturated heterocycles. The number of ether oxygens (including phenoxy) is 1. The highest BCUT2D eigenvalue weighted by atomic mass is 35.5. The monoisotopic (exact) mass is 274 g/mol. The Bertz CT molecular complexity index is 600. The average Bonchev–Trinajstić information content (AvgIpc) is 2.43. The molecule has 1 aliphatic carbocycles. The second-order valence-corrected chi connectivity index (χ2v) is 5.11. The van der Waals surface area contributed by atoms with Crippen LogP contribution < -0.4 is 10.5 Å². The van der Waals surface area contributed by atoms with Crippen molar-refractivity contribution in [3.63, 3.8) is 0 Å². The van der Waals surface area contributed by atoms with Crippen LogP contribution in [0.1, 0.15) is 30.1 Å². The lowest BCUT2D eigenvalue weighted by Crippen LogP contribution is -2.16. The van der Waals surface area contributed by atoms with E-state index < -0.39 is 0 Å². The molecule has 2 aromatic rings. The van der Waals surface area contributed by atoms with Crippen LogP contribution in [-0.4, -0.2) is 4.98 Å². The molecule has 2 N–H and O–H groups in total. The number of benzene rings is 1. The first-order valence-electron chi connectivity index (χ1n) is 6.40. The lowest BCUT2D eigenvalue weighted by Gasteiger charge is -2.26. The molecule has 19 heavy (non-hydrogen) atoms. The van der Waals surface area contributed by atoms with Crippen LogP contribution >= 0.6 is 11.6 Å². The van der Waals surface area contributed by atoms with Crippen LogP contribution in [0.4, 0.5) is 5.69 Å². The van der Waals surface area contributed by atoms with E-state index in [4.69, 9.17) is 22.1 Å². The number of halogens is 1. The highest BCUT2D eigenvalue weighted by molar-refractivity contribution is 6.29. The number of nitrogen functional groups attached to an aromatic ring is 1. The summed E-state index contributed by atoms with van der Waals surface area (Å²) in [6, 6.07) is 11.7. The minimum atomic E-state index is 0.0122. The summed E-state index contributed by atoms with van der Waals surface area (Å²) in [6.45, 7) is 0. The maximum atomic E-state index is 5.97. The number of anilines is 1. The molecule has 3 rings (SSSR count). The van der Waals surface area contributed by atoms with Gasteiger partial charge in [-0.2, -0.15) is 4.98 Å². The number of hydrogen-bond donors (Lipinski definition) is 1. The molecule has 1 heterocycles. The van der Waals surface area contributed by atoms with Crippen molar-refractivity contribution < 1.29 is 4.74 Å². The lowest BCUT2D eigenvalue weighted by molar-refractivity contribution is 0.177. The van der Waals surface area contributed by atoms with E-state index in [9.17, 15) is 0 Å². The molecule has 0 aliphatic heterocycles. The van der Waals surface area contributed by atoms with Crippen molar-refractivity contribution in [2.75, 3.05) is 5.73 Å². The molecule has 0 saturated carbocycles. The summed E-state index contributed by atoms with van der Waals surface area (Å²) >= 11 is 5.89. The van der Waals surface area contributed by atoms with E-state index in [1.165, 1.54) is 11.1 Å². The molecule has 0 amide bonds. The predicted octanol–water partition coefficient (Wildman–Crippen LogP) is 3.77. The molecule has 0 radical (unpaired) electrons. The van der Waals surface area contributed by atoms with E-state index in [0.29, 0.717) is 16.7 Å². The summed E-state index contributed by atoms with van der Waals surface area (Å²) in [4.78, 5) is 4.16. The Morgan fingerprint density at radius 2 is 2.05 bits per heavy atom. The fourth-order valence-corrected chi connectivity index (χ4v) is 2.63. The molecule has 0 bridgehead atoms. The van der Waals surface area contributed by atoms with E-state index in [2.05, 4.69) is 23.2 Å². The van der Waals surface area contributed by atoms with Gasteiger partial charge in [0.15, 0.2) is 0 Å². The molecular weight excluding hydrogens is 260 g/mol. The van der Waals surface area contributed by atoms with Crippen LogP contribution in [0.25, 0.3) is 0 Å². The molecule has 0 fully saturated rings. The van der Waals surface area contributed by atoms with Crippen LogP contribution in [0.5, 0.6) is 5.88 Å². The van der Waals surface area contributed by atoms with Gasteiger partial charge in [0.25, 0.3) is 0 Å². The zero-order valence-electron chi connectivity index (χ0n) is 10.5. The molecule has 1 aromatic carbocycles. The zero-order valence-corrected chi connectivity index (χ0v) is 11.2. The Morgan fingerprint density at radius 3 is 2.95 bits per heavy atom. The second-order valence-electron chi connectivity index (χ2n) is 4.73. The van der Waals surface area contributed by atoms with E-state index in [1.807, 2.05) is 6.07 Å². The van der Waals surface area contributed by atoms with Crippen LogP contribution in [-0.2, 0) is 6.42 Å². The van der Waals surface area contributed by atoms with Crippen molar-refractivity contribution in [3.05, 3.63) is 52.7 Å². The quantitative estimate of drug-likeness (QED) is 0.848. The summed E-state index contributed by atoms with van der Waals surface area (Å²) in [6.07, 6.45) is 3.21. The van der Waals surface area contributed by atoms with Crippen molar-refractivity contribution in [1.29, 1.82) is 0 Å². The number of aromatic nitrogens is 1. The number of nitrogens with zero attached hydrogens (tertiary/aromatic N) is 1. The molecule has 1 unspecified atom stereocenters. The summed E-state index contributed by atoms with van der Waals surface area (Å²) in [5, 5.41) is 0.397. The predicted molar refractivity (Wildman–Crippen MR) is 76.4 cm³/mol. The van der Waals surface area contributed by atoms with Crippen molar-refractivity contribution >= 4 is 17.3 Å². The normalized spacial score (nSPS) is 17.8. The smallest absolute Gasteiger partial charge is 0.239 e. The topological polar surface area (TPSA) is 48.1 Å². The first-order valence-corrected chi connectivity index (χ1v) is 6.78. The maximum Gasteiger partial charge on any atom is 0.239 e. The van der Waals surface area contributed by atoms with Gasteiger partial charge >= 0.3 is 0 Å². The molecule has 0 spiro atoms. The van der Waals surface area contributed by atoms with E-state index in [1.54, 1.807) is 12.1 Å². The average molecular weight is 275 g/mol. The largest absolute Gasteiger partial charge is 0.468 e. The number of pyridine rings is 1. The molecule has 4 heteroatoms. The first-order chi connectivity index (χ1) is 9.24. The van der Waals surface area contributed by atoms with Gasteiger partial charge in [-0.25, -0.2) is 0 Å². The fourth-order valence-electron chi connectivity index (χ4n) is 2.49.